The van der Waals surface area contributed by atoms with Crippen molar-refractivity contribution in [3.63, 3.8) is 0 Å². The van der Waals surface area contributed by atoms with Crippen molar-refractivity contribution in [3.05, 3.63) is 21.4 Å². The predicted octanol–water partition coefficient (Wildman–Crippen LogP) is 3.49. The number of aryl methyl sites for hydroxylation is 2. The third kappa shape index (κ3) is 2.92. The summed E-state index contributed by atoms with van der Waals surface area (Å²) in [7, 11) is 0. The first-order chi connectivity index (χ1) is 12.8. The van der Waals surface area contributed by atoms with Crippen molar-refractivity contribution in [2.45, 2.75) is 69.4 Å². The average molecular weight is 375 g/mol. The molecule has 3 fully saturated rings. The molecule has 5 rings (SSSR count). The van der Waals surface area contributed by atoms with Crippen molar-refractivity contribution in [1.82, 2.24) is 9.80 Å². The molecule has 0 aromatic carbocycles. The zero-order chi connectivity index (χ0) is 17.6. The molecule has 1 aromatic rings. The van der Waals surface area contributed by atoms with E-state index in [4.69, 9.17) is 4.74 Å². The van der Waals surface area contributed by atoms with Gasteiger partial charge in [-0.1, -0.05) is 12.8 Å². The zero-order valence-electron chi connectivity index (χ0n) is 15.7. The molecule has 2 aliphatic carbocycles. The second-order valence-corrected chi connectivity index (χ2v) is 9.69. The third-order valence-corrected chi connectivity index (χ3v) is 8.20. The number of morpholine rings is 1. The number of ether oxygens (including phenoxy) is 1. The Kier molecular flexibility index (Phi) is 4.58. The molecule has 0 radical (unpaired) electrons. The van der Waals surface area contributed by atoms with E-state index in [1.807, 2.05) is 0 Å². The summed E-state index contributed by atoms with van der Waals surface area (Å²) in [6.07, 6.45) is 11.1. The summed E-state index contributed by atoms with van der Waals surface area (Å²) < 4.78 is 6.48. The molecule has 0 unspecified atom stereocenters. The Hall–Kier alpha value is -0.910. The molecule has 1 amide bonds. The summed E-state index contributed by atoms with van der Waals surface area (Å²) in [5.41, 5.74) is 1.30. The van der Waals surface area contributed by atoms with Crippen LogP contribution < -0.4 is 0 Å². The lowest BCUT2D eigenvalue weighted by Gasteiger charge is -2.52. The molecular formula is C21H30N2O2S. The standard InChI is InChI=1S/C21H30N2O2S/c24-20(18-14-16-6-5-7-17(16)26-18)23-12-13-25-21(15-23)9-2-1-8-19(21)22-10-3-4-11-22/h14,19H,1-13,15H2/t19-,21-/m1/s1. The topological polar surface area (TPSA) is 32.8 Å². The molecule has 0 N–H and O–H groups in total. The molecule has 26 heavy (non-hydrogen) atoms. The first kappa shape index (κ1) is 17.2. The average Bonchev–Trinajstić information content (AvgIpc) is 3.39. The van der Waals surface area contributed by atoms with Crippen molar-refractivity contribution in [2.75, 3.05) is 32.8 Å². The number of amides is 1. The van der Waals surface area contributed by atoms with Gasteiger partial charge in [-0.05, 0) is 69.7 Å². The first-order valence-corrected chi connectivity index (χ1v) is 11.4. The van der Waals surface area contributed by atoms with Crippen LogP contribution >= 0.6 is 11.3 Å². The van der Waals surface area contributed by atoms with E-state index in [1.165, 1.54) is 62.1 Å². The molecule has 142 valence electrons. The fourth-order valence-corrected chi connectivity index (χ4v) is 6.90. The minimum Gasteiger partial charge on any atom is -0.370 e. The molecule has 1 saturated carbocycles. The molecule has 1 spiro atoms. The second kappa shape index (κ2) is 6.92. The Morgan fingerprint density at radius 2 is 2.00 bits per heavy atom. The van der Waals surface area contributed by atoms with Crippen LogP contribution in [0.5, 0.6) is 0 Å². The number of thiophene rings is 1. The maximum absolute atomic E-state index is 13.2. The SMILES string of the molecule is O=C(c1cc2c(s1)CCC2)N1CCO[C@]2(CCCC[C@H]2N2CCCC2)C1. The summed E-state index contributed by atoms with van der Waals surface area (Å²) >= 11 is 1.74. The van der Waals surface area contributed by atoms with Gasteiger partial charge in [0.05, 0.1) is 18.0 Å². The highest BCUT2D eigenvalue weighted by atomic mass is 32.1. The normalized spacial score (nSPS) is 32.3. The van der Waals surface area contributed by atoms with Crippen molar-refractivity contribution < 1.29 is 9.53 Å². The predicted molar refractivity (Wildman–Crippen MR) is 104 cm³/mol. The molecule has 2 aliphatic heterocycles. The minimum atomic E-state index is -0.128. The van der Waals surface area contributed by atoms with Gasteiger partial charge in [-0.2, -0.15) is 0 Å². The lowest BCUT2D eigenvalue weighted by atomic mass is 9.78. The number of hydrogen-bond donors (Lipinski definition) is 0. The maximum Gasteiger partial charge on any atom is 0.264 e. The molecular weight excluding hydrogens is 344 g/mol. The van der Waals surface area contributed by atoms with Crippen molar-refractivity contribution >= 4 is 17.2 Å². The monoisotopic (exact) mass is 374 g/mol. The lowest BCUT2D eigenvalue weighted by molar-refractivity contribution is -0.156. The van der Waals surface area contributed by atoms with Crippen LogP contribution in [0.15, 0.2) is 6.07 Å². The summed E-state index contributed by atoms with van der Waals surface area (Å²) in [6, 6.07) is 2.68. The van der Waals surface area contributed by atoms with E-state index in [0.29, 0.717) is 12.6 Å². The van der Waals surface area contributed by atoms with E-state index in [2.05, 4.69) is 15.9 Å². The maximum atomic E-state index is 13.2. The highest BCUT2D eigenvalue weighted by Gasteiger charge is 2.48. The number of nitrogens with zero attached hydrogens (tertiary/aromatic N) is 2. The molecule has 2 saturated heterocycles. The molecule has 2 atom stereocenters. The van der Waals surface area contributed by atoms with E-state index in [0.717, 1.165) is 37.2 Å². The van der Waals surface area contributed by atoms with Gasteiger partial charge < -0.3 is 9.64 Å². The van der Waals surface area contributed by atoms with Crippen LogP contribution in [-0.2, 0) is 17.6 Å². The number of likely N-dealkylation sites (tertiary alicyclic amines) is 1. The Morgan fingerprint density at radius 3 is 2.85 bits per heavy atom. The number of fused-ring (bicyclic) bond motifs is 1. The van der Waals surface area contributed by atoms with Gasteiger partial charge in [0.1, 0.15) is 5.60 Å². The van der Waals surface area contributed by atoms with E-state index < -0.39 is 0 Å². The fourth-order valence-electron chi connectivity index (χ4n) is 5.68. The molecule has 5 heteroatoms. The zero-order valence-corrected chi connectivity index (χ0v) is 16.5. The molecule has 0 bridgehead atoms. The number of hydrogen-bond acceptors (Lipinski definition) is 4. The minimum absolute atomic E-state index is 0.128. The van der Waals surface area contributed by atoms with Crippen LogP contribution in [0.4, 0.5) is 0 Å². The summed E-state index contributed by atoms with van der Waals surface area (Å²) in [6.45, 7) is 4.65. The van der Waals surface area contributed by atoms with E-state index >= 15 is 0 Å². The Labute approximate surface area is 160 Å². The van der Waals surface area contributed by atoms with Gasteiger partial charge in [0.2, 0.25) is 0 Å². The number of rotatable bonds is 2. The fraction of sp³-hybridized carbons (Fsp3) is 0.762. The van der Waals surface area contributed by atoms with Gasteiger partial charge in [-0.3, -0.25) is 9.69 Å². The number of carbonyl (C=O) groups excluding carboxylic acids is 1. The Bertz CT molecular complexity index is 656. The summed E-state index contributed by atoms with van der Waals surface area (Å²) in [5, 5.41) is 0. The van der Waals surface area contributed by atoms with Crippen LogP contribution in [0.1, 0.15) is 65.1 Å². The van der Waals surface area contributed by atoms with Crippen LogP contribution in [0.2, 0.25) is 0 Å². The highest BCUT2D eigenvalue weighted by molar-refractivity contribution is 7.14. The van der Waals surface area contributed by atoms with Crippen LogP contribution in [0.25, 0.3) is 0 Å². The smallest absolute Gasteiger partial charge is 0.264 e. The Morgan fingerprint density at radius 1 is 1.12 bits per heavy atom. The largest absolute Gasteiger partial charge is 0.370 e. The lowest BCUT2D eigenvalue weighted by Crippen LogP contribution is -2.64. The van der Waals surface area contributed by atoms with E-state index in [9.17, 15) is 4.79 Å². The van der Waals surface area contributed by atoms with Gasteiger partial charge >= 0.3 is 0 Å². The summed E-state index contributed by atoms with van der Waals surface area (Å²) in [5.74, 6) is 0.248. The van der Waals surface area contributed by atoms with Crippen LogP contribution in [0.3, 0.4) is 0 Å². The van der Waals surface area contributed by atoms with Crippen LogP contribution in [0, 0.1) is 0 Å². The van der Waals surface area contributed by atoms with Gasteiger partial charge in [-0.25, -0.2) is 0 Å². The quantitative estimate of drug-likeness (QED) is 0.794. The van der Waals surface area contributed by atoms with Gasteiger partial charge in [0, 0.05) is 17.5 Å². The van der Waals surface area contributed by atoms with E-state index in [-0.39, 0.29) is 11.5 Å². The molecule has 4 nitrogen and oxygen atoms in total. The Balaban J connectivity index is 1.36. The molecule has 4 aliphatic rings. The summed E-state index contributed by atoms with van der Waals surface area (Å²) in [4.78, 5) is 20.4. The van der Waals surface area contributed by atoms with Crippen molar-refractivity contribution in [3.8, 4) is 0 Å². The van der Waals surface area contributed by atoms with Crippen LogP contribution in [-0.4, -0.2) is 60.1 Å². The van der Waals surface area contributed by atoms with Gasteiger partial charge in [0.15, 0.2) is 0 Å². The van der Waals surface area contributed by atoms with E-state index in [1.54, 1.807) is 11.3 Å². The van der Waals surface area contributed by atoms with Crippen molar-refractivity contribution in [2.24, 2.45) is 0 Å². The third-order valence-electron chi connectivity index (χ3n) is 6.97. The first-order valence-electron chi connectivity index (χ1n) is 10.5. The number of carbonyl (C=O) groups is 1. The second-order valence-electron chi connectivity index (χ2n) is 8.56. The molecule has 1 aromatic heterocycles. The van der Waals surface area contributed by atoms with Gasteiger partial charge in [-0.15, -0.1) is 11.3 Å². The highest BCUT2D eigenvalue weighted by Crippen LogP contribution is 2.40. The van der Waals surface area contributed by atoms with Crippen molar-refractivity contribution in [1.29, 1.82) is 0 Å². The van der Waals surface area contributed by atoms with Gasteiger partial charge in [0.25, 0.3) is 5.91 Å². The molecule has 3 heterocycles.